The molecule has 2 amide bonds. The van der Waals surface area contributed by atoms with Gasteiger partial charge in [-0.1, -0.05) is 0 Å². The maximum Gasteiger partial charge on any atom is 0.225 e. The van der Waals surface area contributed by atoms with Crippen molar-refractivity contribution in [3.05, 3.63) is 47.7 Å². The topological polar surface area (TPSA) is 135 Å². The molecule has 5 rings (SSSR count). The fraction of sp³-hybridized carbons (Fsp3) is 0.517. The van der Waals surface area contributed by atoms with Gasteiger partial charge in [0, 0.05) is 69.1 Å². The van der Waals surface area contributed by atoms with Crippen LogP contribution in [0.15, 0.2) is 47.1 Å². The van der Waals surface area contributed by atoms with Crippen LogP contribution in [0.5, 0.6) is 0 Å². The molecule has 39 heavy (non-hydrogen) atoms. The molecular formula is C29H37N5O5. The van der Waals surface area contributed by atoms with Crippen LogP contribution in [0.1, 0.15) is 48.9 Å². The van der Waals surface area contributed by atoms with Crippen LogP contribution in [-0.4, -0.2) is 94.8 Å². The molecule has 0 radical (unpaired) electrons. The van der Waals surface area contributed by atoms with Gasteiger partial charge in [-0.2, -0.15) is 0 Å². The summed E-state index contributed by atoms with van der Waals surface area (Å²) in [6, 6.07) is 5.17. The second-order valence-electron chi connectivity index (χ2n) is 10.8. The van der Waals surface area contributed by atoms with E-state index in [1.165, 1.54) is 0 Å². The zero-order valence-electron chi connectivity index (χ0n) is 22.1. The minimum atomic E-state index is -0.596. The Morgan fingerprint density at radius 3 is 2.08 bits per heavy atom. The van der Waals surface area contributed by atoms with Crippen molar-refractivity contribution in [3.8, 4) is 0 Å². The summed E-state index contributed by atoms with van der Waals surface area (Å²) in [4.78, 5) is 47.5. The number of Topliss-reactive ketones (excluding diaryl/α,β-unsaturated/α-hetero) is 1. The number of nitrogens with zero attached hydrogens (tertiary/aromatic N) is 3. The molecule has 0 saturated carbocycles. The van der Waals surface area contributed by atoms with Crippen molar-refractivity contribution < 1.29 is 24.6 Å². The van der Waals surface area contributed by atoms with E-state index in [4.69, 9.17) is 0 Å². The first-order valence-corrected chi connectivity index (χ1v) is 13.9. The fourth-order valence-corrected chi connectivity index (χ4v) is 5.47. The summed E-state index contributed by atoms with van der Waals surface area (Å²) >= 11 is 0. The molecule has 10 heteroatoms. The molecule has 3 aliphatic heterocycles. The highest BCUT2D eigenvalue weighted by molar-refractivity contribution is 6.23. The first kappa shape index (κ1) is 27.4. The van der Waals surface area contributed by atoms with E-state index in [9.17, 15) is 24.6 Å². The lowest BCUT2D eigenvalue weighted by Gasteiger charge is -2.29. The van der Waals surface area contributed by atoms with Gasteiger partial charge >= 0.3 is 0 Å². The standard InChI is InChI=1S/C29H37N5O5/c35-21-5-11-33(12-6-21)15-9-27(37)30-19-1-3-25-23(17-19)29(39)24-18-20(2-4-26(24)32-25)31-28(38)10-16-34-13-7-22(36)8-14-34/h1-4,17-18,21-23,35-36H,5-16H2,(H,30,37)(H,31,38). The summed E-state index contributed by atoms with van der Waals surface area (Å²) in [7, 11) is 0. The number of aliphatic hydroxyl groups is 2. The molecule has 0 aromatic heterocycles. The molecule has 1 unspecified atom stereocenters. The van der Waals surface area contributed by atoms with Gasteiger partial charge in [-0.25, -0.2) is 0 Å². The van der Waals surface area contributed by atoms with Crippen LogP contribution in [0.25, 0.3) is 0 Å². The Kier molecular flexibility index (Phi) is 8.66. The van der Waals surface area contributed by atoms with Gasteiger partial charge in [-0.15, -0.1) is 0 Å². The summed E-state index contributed by atoms with van der Waals surface area (Å²) in [5, 5.41) is 25.1. The van der Waals surface area contributed by atoms with Gasteiger partial charge in [0.1, 0.15) is 0 Å². The average molecular weight is 536 g/mol. The predicted molar refractivity (Wildman–Crippen MR) is 148 cm³/mol. The maximum atomic E-state index is 13.4. The highest BCUT2D eigenvalue weighted by atomic mass is 16.3. The van der Waals surface area contributed by atoms with Crippen molar-refractivity contribution in [2.24, 2.45) is 10.9 Å². The first-order chi connectivity index (χ1) is 18.8. The molecule has 4 aliphatic rings. The monoisotopic (exact) mass is 535 g/mol. The second kappa shape index (κ2) is 12.3. The highest BCUT2D eigenvalue weighted by Crippen LogP contribution is 2.33. The highest BCUT2D eigenvalue weighted by Gasteiger charge is 2.31. The third kappa shape index (κ3) is 7.07. The molecule has 2 saturated heterocycles. The van der Waals surface area contributed by atoms with E-state index in [2.05, 4.69) is 25.4 Å². The maximum absolute atomic E-state index is 13.4. The third-order valence-electron chi connectivity index (χ3n) is 7.88. The minimum absolute atomic E-state index is 0.119. The van der Waals surface area contributed by atoms with Crippen molar-refractivity contribution in [3.63, 3.8) is 0 Å². The van der Waals surface area contributed by atoms with E-state index in [0.717, 1.165) is 51.9 Å². The fourth-order valence-electron chi connectivity index (χ4n) is 5.47. The SMILES string of the molecule is O=C(CCN1CCC(O)CC1)NC1=CC2C(=O)c3cc(NC(=O)CCN4CCC(O)CC4)ccc3N=C2C=C1. The van der Waals surface area contributed by atoms with Crippen LogP contribution in [0.3, 0.4) is 0 Å². The molecule has 0 spiro atoms. The number of nitrogens with one attached hydrogen (secondary N) is 2. The average Bonchev–Trinajstić information content (AvgIpc) is 2.93. The van der Waals surface area contributed by atoms with E-state index in [0.29, 0.717) is 54.3 Å². The molecule has 1 atom stereocenters. The first-order valence-electron chi connectivity index (χ1n) is 13.9. The molecule has 208 valence electrons. The number of allylic oxidation sites excluding steroid dienone is 3. The molecule has 4 N–H and O–H groups in total. The van der Waals surface area contributed by atoms with Crippen molar-refractivity contribution in [2.75, 3.05) is 44.6 Å². The van der Waals surface area contributed by atoms with E-state index in [1.54, 1.807) is 36.4 Å². The number of anilines is 1. The van der Waals surface area contributed by atoms with Gasteiger partial charge in [0.25, 0.3) is 0 Å². The van der Waals surface area contributed by atoms with Crippen LogP contribution in [0.4, 0.5) is 11.4 Å². The van der Waals surface area contributed by atoms with Crippen molar-refractivity contribution >= 4 is 34.7 Å². The lowest BCUT2D eigenvalue weighted by Crippen LogP contribution is -2.38. The number of fused-ring (bicyclic) bond motifs is 2. The number of carbonyl (C=O) groups excluding carboxylic acids is 3. The summed E-state index contributed by atoms with van der Waals surface area (Å²) in [6.07, 6.45) is 8.40. The second-order valence-corrected chi connectivity index (χ2v) is 10.8. The minimum Gasteiger partial charge on any atom is -0.393 e. The summed E-state index contributed by atoms with van der Waals surface area (Å²) in [6.45, 7) is 4.42. The molecular weight excluding hydrogens is 498 g/mol. The Hall–Kier alpha value is -3.18. The van der Waals surface area contributed by atoms with Gasteiger partial charge < -0.3 is 30.6 Å². The number of aliphatic imine (C=N–C) groups is 1. The normalized spacial score (nSPS) is 22.5. The quantitative estimate of drug-likeness (QED) is 0.399. The van der Waals surface area contributed by atoms with Crippen molar-refractivity contribution in [1.29, 1.82) is 0 Å². The number of carbonyl (C=O) groups is 3. The number of benzene rings is 1. The van der Waals surface area contributed by atoms with Crippen LogP contribution in [-0.2, 0) is 9.59 Å². The van der Waals surface area contributed by atoms with E-state index >= 15 is 0 Å². The number of hydrogen-bond acceptors (Lipinski definition) is 8. The molecule has 0 bridgehead atoms. The molecule has 10 nitrogen and oxygen atoms in total. The van der Waals surface area contributed by atoms with E-state index in [-0.39, 0.29) is 29.8 Å². The molecule has 1 aromatic rings. The van der Waals surface area contributed by atoms with Gasteiger partial charge in [0.2, 0.25) is 11.8 Å². The lowest BCUT2D eigenvalue weighted by molar-refractivity contribution is -0.120. The smallest absolute Gasteiger partial charge is 0.225 e. The number of aliphatic hydroxyl groups excluding tert-OH is 2. The van der Waals surface area contributed by atoms with Gasteiger partial charge in [-0.05, 0) is 62.1 Å². The van der Waals surface area contributed by atoms with Crippen LogP contribution >= 0.6 is 0 Å². The summed E-state index contributed by atoms with van der Waals surface area (Å²) in [5.41, 5.74) is 2.75. The summed E-state index contributed by atoms with van der Waals surface area (Å²) in [5.74, 6) is -0.964. The summed E-state index contributed by atoms with van der Waals surface area (Å²) < 4.78 is 0. The number of ketones is 1. The Morgan fingerprint density at radius 1 is 0.872 bits per heavy atom. The van der Waals surface area contributed by atoms with E-state index in [1.807, 2.05) is 0 Å². The van der Waals surface area contributed by atoms with Crippen LogP contribution in [0.2, 0.25) is 0 Å². The molecule has 1 aliphatic carbocycles. The number of likely N-dealkylation sites (tertiary alicyclic amines) is 2. The third-order valence-corrected chi connectivity index (χ3v) is 7.88. The Labute approximate surface area is 228 Å². The largest absolute Gasteiger partial charge is 0.393 e. The molecule has 2 fully saturated rings. The van der Waals surface area contributed by atoms with Crippen molar-refractivity contribution in [2.45, 2.75) is 50.7 Å². The Bertz CT molecular complexity index is 1190. The lowest BCUT2D eigenvalue weighted by atomic mass is 9.85. The number of hydrogen-bond donors (Lipinski definition) is 4. The number of rotatable bonds is 8. The van der Waals surface area contributed by atoms with Crippen molar-refractivity contribution in [1.82, 2.24) is 15.1 Å². The van der Waals surface area contributed by atoms with Crippen LogP contribution < -0.4 is 10.6 Å². The molecule has 1 aromatic carbocycles. The van der Waals surface area contributed by atoms with Gasteiger partial charge in [0.05, 0.1) is 29.5 Å². The predicted octanol–water partition coefficient (Wildman–Crippen LogP) is 1.77. The Balaban J connectivity index is 1.15. The van der Waals surface area contributed by atoms with E-state index < -0.39 is 5.92 Å². The number of piperidine rings is 2. The van der Waals surface area contributed by atoms with Gasteiger partial charge in [0.15, 0.2) is 5.78 Å². The molecule has 3 heterocycles. The van der Waals surface area contributed by atoms with Crippen LogP contribution in [0, 0.1) is 5.92 Å². The number of amides is 2. The van der Waals surface area contributed by atoms with Gasteiger partial charge in [-0.3, -0.25) is 19.4 Å². The zero-order valence-corrected chi connectivity index (χ0v) is 22.1. The zero-order chi connectivity index (χ0) is 27.4. The Morgan fingerprint density at radius 2 is 1.46 bits per heavy atom.